The zero-order valence-electron chi connectivity index (χ0n) is 17.4. The summed E-state index contributed by atoms with van der Waals surface area (Å²) in [5.74, 6) is 0.725. The van der Waals surface area contributed by atoms with Crippen LogP contribution in [0.4, 0.5) is 0 Å². The number of nitrogens with zero attached hydrogens (tertiary/aromatic N) is 2. The summed E-state index contributed by atoms with van der Waals surface area (Å²) in [5, 5.41) is 5.02. The first-order chi connectivity index (χ1) is 13.4. The molecule has 6 nitrogen and oxygen atoms in total. The summed E-state index contributed by atoms with van der Waals surface area (Å²) in [4.78, 5) is 19.9. The highest BCUT2D eigenvalue weighted by Gasteiger charge is 2.13. The fourth-order valence-corrected chi connectivity index (χ4v) is 3.25. The SMILES string of the molecule is CCCCNC(=S)N(CCCN(C)C)Cc1cc2ccc(OC)cc2[nH]c1=O. The molecular formula is C21H32N4O2S. The first-order valence-electron chi connectivity index (χ1n) is 9.82. The van der Waals surface area contributed by atoms with Crippen molar-refractivity contribution in [1.82, 2.24) is 20.1 Å². The second-order valence-electron chi connectivity index (χ2n) is 7.24. The summed E-state index contributed by atoms with van der Waals surface area (Å²) in [6, 6.07) is 7.64. The lowest BCUT2D eigenvalue weighted by atomic mass is 10.1. The van der Waals surface area contributed by atoms with Crippen molar-refractivity contribution in [3.63, 3.8) is 0 Å². The number of ether oxygens (including phenoxy) is 1. The van der Waals surface area contributed by atoms with E-state index in [4.69, 9.17) is 17.0 Å². The highest BCUT2D eigenvalue weighted by atomic mass is 32.1. The Balaban J connectivity index is 2.19. The van der Waals surface area contributed by atoms with E-state index in [9.17, 15) is 4.79 Å². The Hall–Kier alpha value is -2.12. The van der Waals surface area contributed by atoms with Crippen LogP contribution in [0.15, 0.2) is 29.1 Å². The predicted molar refractivity (Wildman–Crippen MR) is 120 cm³/mol. The summed E-state index contributed by atoms with van der Waals surface area (Å²) in [6.45, 7) is 5.28. The lowest BCUT2D eigenvalue weighted by molar-refractivity contribution is 0.340. The Morgan fingerprint density at radius 1 is 1.21 bits per heavy atom. The van der Waals surface area contributed by atoms with E-state index in [1.807, 2.05) is 24.3 Å². The van der Waals surface area contributed by atoms with Crippen LogP contribution in [-0.4, -0.2) is 60.7 Å². The highest BCUT2D eigenvalue weighted by Crippen LogP contribution is 2.19. The summed E-state index contributed by atoms with van der Waals surface area (Å²) in [6.07, 6.45) is 3.17. The van der Waals surface area contributed by atoms with Crippen LogP contribution in [0.5, 0.6) is 5.75 Å². The molecule has 2 aromatic rings. The largest absolute Gasteiger partial charge is 0.497 e. The van der Waals surface area contributed by atoms with E-state index >= 15 is 0 Å². The van der Waals surface area contributed by atoms with Crippen LogP contribution in [0.3, 0.4) is 0 Å². The van der Waals surface area contributed by atoms with E-state index in [1.165, 1.54) is 0 Å². The van der Waals surface area contributed by atoms with E-state index in [2.05, 4.69) is 41.1 Å². The molecule has 0 saturated carbocycles. The molecule has 1 aromatic carbocycles. The maximum absolute atomic E-state index is 12.6. The van der Waals surface area contributed by atoms with Crippen LogP contribution >= 0.6 is 12.2 Å². The summed E-state index contributed by atoms with van der Waals surface area (Å²) >= 11 is 5.61. The van der Waals surface area contributed by atoms with Gasteiger partial charge in [-0.1, -0.05) is 13.3 Å². The number of pyridine rings is 1. The van der Waals surface area contributed by atoms with Crippen LogP contribution < -0.4 is 15.6 Å². The van der Waals surface area contributed by atoms with E-state index in [0.717, 1.165) is 55.5 Å². The maximum Gasteiger partial charge on any atom is 0.253 e. The highest BCUT2D eigenvalue weighted by molar-refractivity contribution is 7.80. The topological polar surface area (TPSA) is 60.6 Å². The Morgan fingerprint density at radius 2 is 2.00 bits per heavy atom. The number of methoxy groups -OCH3 is 1. The quantitative estimate of drug-likeness (QED) is 0.469. The molecule has 0 bridgehead atoms. The van der Waals surface area contributed by atoms with Crippen molar-refractivity contribution in [2.24, 2.45) is 0 Å². The van der Waals surface area contributed by atoms with Crippen molar-refractivity contribution in [3.8, 4) is 5.75 Å². The average molecular weight is 405 g/mol. The van der Waals surface area contributed by atoms with Gasteiger partial charge in [-0.25, -0.2) is 0 Å². The van der Waals surface area contributed by atoms with Gasteiger partial charge in [0.25, 0.3) is 5.56 Å². The van der Waals surface area contributed by atoms with Gasteiger partial charge in [0.1, 0.15) is 5.75 Å². The first-order valence-corrected chi connectivity index (χ1v) is 10.2. The van der Waals surface area contributed by atoms with Gasteiger partial charge in [0.05, 0.1) is 19.2 Å². The molecule has 0 atom stereocenters. The zero-order valence-corrected chi connectivity index (χ0v) is 18.2. The minimum atomic E-state index is -0.0882. The molecule has 1 heterocycles. The number of hydrogen-bond acceptors (Lipinski definition) is 4. The predicted octanol–water partition coefficient (Wildman–Crippen LogP) is 2.97. The van der Waals surface area contributed by atoms with Crippen LogP contribution in [0, 0.1) is 0 Å². The molecule has 0 amide bonds. The number of rotatable bonds is 10. The molecule has 2 N–H and O–H groups in total. The minimum Gasteiger partial charge on any atom is -0.497 e. The molecule has 154 valence electrons. The van der Waals surface area contributed by atoms with Crippen molar-refractivity contribution in [2.45, 2.75) is 32.7 Å². The molecule has 0 aliphatic rings. The maximum atomic E-state index is 12.6. The van der Waals surface area contributed by atoms with Gasteiger partial charge < -0.3 is 24.8 Å². The summed E-state index contributed by atoms with van der Waals surface area (Å²) < 4.78 is 5.24. The Bertz CT molecular complexity index is 835. The number of fused-ring (bicyclic) bond motifs is 1. The third kappa shape index (κ3) is 6.49. The molecule has 7 heteroatoms. The smallest absolute Gasteiger partial charge is 0.253 e. The van der Waals surface area contributed by atoms with E-state index < -0.39 is 0 Å². The van der Waals surface area contributed by atoms with Crippen LogP contribution in [0.1, 0.15) is 31.7 Å². The summed E-state index contributed by atoms with van der Waals surface area (Å²) in [7, 11) is 5.74. The number of aromatic amines is 1. The lowest BCUT2D eigenvalue weighted by Crippen LogP contribution is -2.41. The third-order valence-corrected chi connectivity index (χ3v) is 5.02. The normalized spacial score (nSPS) is 11.0. The van der Waals surface area contributed by atoms with Crippen LogP contribution in [0.2, 0.25) is 0 Å². The number of aromatic nitrogens is 1. The van der Waals surface area contributed by atoms with Crippen LogP contribution in [-0.2, 0) is 6.54 Å². The van der Waals surface area contributed by atoms with E-state index in [1.54, 1.807) is 7.11 Å². The van der Waals surface area contributed by atoms with Crippen molar-refractivity contribution in [3.05, 3.63) is 40.2 Å². The second kappa shape index (κ2) is 11.0. The Morgan fingerprint density at radius 3 is 2.68 bits per heavy atom. The summed E-state index contributed by atoms with van der Waals surface area (Å²) in [5.41, 5.74) is 1.40. The molecule has 0 radical (unpaired) electrons. The van der Waals surface area contributed by atoms with Gasteiger partial charge in [0.2, 0.25) is 0 Å². The zero-order chi connectivity index (χ0) is 20.5. The number of thiocarbonyl (C=S) groups is 1. The van der Waals surface area contributed by atoms with Crippen molar-refractivity contribution in [2.75, 3.05) is 40.8 Å². The van der Waals surface area contributed by atoms with E-state index in [0.29, 0.717) is 17.2 Å². The Labute approximate surface area is 172 Å². The van der Waals surface area contributed by atoms with Crippen molar-refractivity contribution in [1.29, 1.82) is 0 Å². The fourth-order valence-electron chi connectivity index (χ4n) is 2.99. The molecule has 0 unspecified atom stereocenters. The van der Waals surface area contributed by atoms with E-state index in [-0.39, 0.29) is 5.56 Å². The van der Waals surface area contributed by atoms with Gasteiger partial charge in [-0.2, -0.15) is 0 Å². The standard InChI is InChI=1S/C21H32N4O2S/c1-5-6-10-22-21(28)25(12-7-11-24(2)3)15-17-13-16-8-9-18(27-4)14-19(16)23-20(17)26/h8-9,13-14H,5-7,10-12,15H2,1-4H3,(H,22,28)(H,23,26). The van der Waals surface area contributed by atoms with Gasteiger partial charge in [-0.15, -0.1) is 0 Å². The number of benzene rings is 1. The monoisotopic (exact) mass is 404 g/mol. The van der Waals surface area contributed by atoms with Gasteiger partial charge in [-0.05, 0) is 69.3 Å². The molecule has 0 fully saturated rings. The first kappa shape index (κ1) is 22.2. The molecular weight excluding hydrogens is 372 g/mol. The third-order valence-electron chi connectivity index (χ3n) is 4.62. The molecule has 0 aliphatic carbocycles. The number of nitrogens with one attached hydrogen (secondary N) is 2. The second-order valence-corrected chi connectivity index (χ2v) is 7.63. The van der Waals surface area contributed by atoms with Gasteiger partial charge >= 0.3 is 0 Å². The van der Waals surface area contributed by atoms with Crippen molar-refractivity contribution < 1.29 is 4.74 Å². The molecule has 0 spiro atoms. The average Bonchev–Trinajstić information content (AvgIpc) is 2.67. The molecule has 0 aliphatic heterocycles. The molecule has 2 rings (SSSR count). The van der Waals surface area contributed by atoms with Gasteiger partial charge in [0, 0.05) is 24.7 Å². The lowest BCUT2D eigenvalue weighted by Gasteiger charge is -2.26. The van der Waals surface area contributed by atoms with Crippen molar-refractivity contribution >= 4 is 28.2 Å². The minimum absolute atomic E-state index is 0.0882. The molecule has 0 saturated heterocycles. The fraction of sp³-hybridized carbons (Fsp3) is 0.524. The number of hydrogen-bond donors (Lipinski definition) is 2. The molecule has 28 heavy (non-hydrogen) atoms. The number of H-pyrrole nitrogens is 1. The van der Waals surface area contributed by atoms with Gasteiger partial charge in [-0.3, -0.25) is 4.79 Å². The number of unbranched alkanes of at least 4 members (excludes halogenated alkanes) is 1. The van der Waals surface area contributed by atoms with Crippen LogP contribution in [0.25, 0.3) is 10.9 Å². The molecule has 1 aromatic heterocycles. The Kier molecular flexibility index (Phi) is 8.73. The van der Waals surface area contributed by atoms with Gasteiger partial charge in [0.15, 0.2) is 5.11 Å².